The van der Waals surface area contributed by atoms with Gasteiger partial charge in [0.1, 0.15) is 0 Å². The van der Waals surface area contributed by atoms with E-state index in [2.05, 4.69) is 28.8 Å². The lowest BCUT2D eigenvalue weighted by atomic mass is 10.1. The van der Waals surface area contributed by atoms with Gasteiger partial charge in [-0.3, -0.25) is 4.90 Å². The first-order valence-corrected chi connectivity index (χ1v) is 6.93. The second-order valence-electron chi connectivity index (χ2n) is 4.94. The molecule has 0 aromatic carbocycles. The minimum Gasteiger partial charge on any atom is -0.388 e. The minimum absolute atomic E-state index is 0.306. The summed E-state index contributed by atoms with van der Waals surface area (Å²) in [4.78, 5) is 2.42. The molecular weight excluding hydrogens is 228 g/mol. The average Bonchev–Trinajstić information content (AvgIpc) is 2.87. The molecule has 1 saturated heterocycles. The molecule has 1 aromatic rings. The average molecular weight is 252 g/mol. The van der Waals surface area contributed by atoms with Gasteiger partial charge in [0.05, 0.1) is 19.3 Å². The number of nitrogens with zero attached hydrogens (tertiary/aromatic N) is 2. The van der Waals surface area contributed by atoms with Crippen LogP contribution in [-0.4, -0.2) is 47.4 Å². The Labute approximate surface area is 109 Å². The van der Waals surface area contributed by atoms with Gasteiger partial charge < -0.3 is 14.4 Å². The lowest BCUT2D eigenvalue weighted by Gasteiger charge is -2.26. The SMILES string of the molecule is CCCC(O)c1ccn(CCN2CCOCC2)c1. The van der Waals surface area contributed by atoms with Crippen LogP contribution in [0.5, 0.6) is 0 Å². The molecule has 0 aliphatic carbocycles. The Bertz CT molecular complexity index is 345. The summed E-state index contributed by atoms with van der Waals surface area (Å²) in [5, 5.41) is 9.91. The van der Waals surface area contributed by atoms with Crippen molar-refractivity contribution < 1.29 is 9.84 Å². The van der Waals surface area contributed by atoms with Crippen molar-refractivity contribution >= 4 is 0 Å². The van der Waals surface area contributed by atoms with Crippen LogP contribution in [-0.2, 0) is 11.3 Å². The van der Waals surface area contributed by atoms with E-state index in [1.54, 1.807) is 0 Å². The van der Waals surface area contributed by atoms with Gasteiger partial charge in [-0.15, -0.1) is 0 Å². The highest BCUT2D eigenvalue weighted by atomic mass is 16.5. The molecule has 1 aromatic heterocycles. The second kappa shape index (κ2) is 6.92. The number of aromatic nitrogens is 1. The molecule has 0 radical (unpaired) electrons. The Kier molecular flexibility index (Phi) is 5.23. The fraction of sp³-hybridized carbons (Fsp3) is 0.714. The molecular formula is C14H24N2O2. The molecule has 4 nitrogen and oxygen atoms in total. The summed E-state index contributed by atoms with van der Waals surface area (Å²) in [5.41, 5.74) is 1.04. The summed E-state index contributed by atoms with van der Waals surface area (Å²) in [6.45, 7) is 7.91. The van der Waals surface area contributed by atoms with Crippen molar-refractivity contribution in [3.05, 3.63) is 24.0 Å². The molecule has 0 amide bonds. The molecule has 1 fully saturated rings. The predicted octanol–water partition coefficient (Wildman–Crippen LogP) is 1.65. The first-order valence-electron chi connectivity index (χ1n) is 6.93. The quantitative estimate of drug-likeness (QED) is 0.836. The summed E-state index contributed by atoms with van der Waals surface area (Å²) in [5.74, 6) is 0. The van der Waals surface area contributed by atoms with Crippen LogP contribution in [0.15, 0.2) is 18.5 Å². The number of aliphatic hydroxyl groups is 1. The van der Waals surface area contributed by atoms with Gasteiger partial charge in [-0.1, -0.05) is 13.3 Å². The van der Waals surface area contributed by atoms with Crippen molar-refractivity contribution in [1.82, 2.24) is 9.47 Å². The molecule has 2 rings (SSSR count). The van der Waals surface area contributed by atoms with E-state index < -0.39 is 0 Å². The summed E-state index contributed by atoms with van der Waals surface area (Å²) in [6.07, 6.45) is 5.68. The standard InChI is InChI=1S/C14H24N2O2/c1-2-3-14(17)13-4-5-16(12-13)7-6-15-8-10-18-11-9-15/h4-5,12,14,17H,2-3,6-11H2,1H3. The summed E-state index contributed by atoms with van der Waals surface area (Å²) >= 11 is 0. The Morgan fingerprint density at radius 3 is 2.83 bits per heavy atom. The Morgan fingerprint density at radius 2 is 2.11 bits per heavy atom. The van der Waals surface area contributed by atoms with Gasteiger partial charge in [0.25, 0.3) is 0 Å². The zero-order chi connectivity index (χ0) is 12.8. The first kappa shape index (κ1) is 13.6. The smallest absolute Gasteiger partial charge is 0.0804 e. The lowest BCUT2D eigenvalue weighted by molar-refractivity contribution is 0.0364. The highest BCUT2D eigenvalue weighted by Gasteiger charge is 2.11. The fourth-order valence-corrected chi connectivity index (χ4v) is 2.32. The minimum atomic E-state index is -0.306. The number of rotatable bonds is 6. The third kappa shape index (κ3) is 3.83. The topological polar surface area (TPSA) is 37.6 Å². The summed E-state index contributed by atoms with van der Waals surface area (Å²) < 4.78 is 7.50. The van der Waals surface area contributed by atoms with E-state index in [0.29, 0.717) is 0 Å². The Balaban J connectivity index is 1.79. The molecule has 0 saturated carbocycles. The first-order chi connectivity index (χ1) is 8.79. The number of hydrogen-bond acceptors (Lipinski definition) is 3. The monoisotopic (exact) mass is 252 g/mol. The largest absolute Gasteiger partial charge is 0.388 e. The van der Waals surface area contributed by atoms with Crippen molar-refractivity contribution in [2.45, 2.75) is 32.4 Å². The van der Waals surface area contributed by atoms with E-state index in [9.17, 15) is 5.11 Å². The number of morpholine rings is 1. The maximum atomic E-state index is 9.91. The van der Waals surface area contributed by atoms with Crippen LogP contribution >= 0.6 is 0 Å². The molecule has 1 unspecified atom stereocenters. The third-order valence-electron chi connectivity index (χ3n) is 3.50. The van der Waals surface area contributed by atoms with Crippen molar-refractivity contribution in [2.75, 3.05) is 32.8 Å². The zero-order valence-corrected chi connectivity index (χ0v) is 11.2. The summed E-state index contributed by atoms with van der Waals surface area (Å²) in [6, 6.07) is 2.03. The van der Waals surface area contributed by atoms with Crippen LogP contribution in [0.2, 0.25) is 0 Å². The molecule has 2 heterocycles. The molecule has 18 heavy (non-hydrogen) atoms. The van der Waals surface area contributed by atoms with Gasteiger partial charge in [-0.25, -0.2) is 0 Å². The molecule has 1 N–H and O–H groups in total. The fourth-order valence-electron chi connectivity index (χ4n) is 2.32. The van der Waals surface area contributed by atoms with Crippen LogP contribution in [0.1, 0.15) is 31.4 Å². The highest BCUT2D eigenvalue weighted by Crippen LogP contribution is 2.18. The lowest BCUT2D eigenvalue weighted by Crippen LogP contribution is -2.38. The third-order valence-corrected chi connectivity index (χ3v) is 3.50. The van der Waals surface area contributed by atoms with E-state index in [4.69, 9.17) is 4.74 Å². The van der Waals surface area contributed by atoms with Gasteiger partial charge in [0.2, 0.25) is 0 Å². The number of aliphatic hydroxyl groups excluding tert-OH is 1. The van der Waals surface area contributed by atoms with E-state index in [0.717, 1.165) is 57.8 Å². The van der Waals surface area contributed by atoms with Crippen LogP contribution in [0, 0.1) is 0 Å². The Morgan fingerprint density at radius 1 is 1.33 bits per heavy atom. The van der Waals surface area contributed by atoms with Crippen molar-refractivity contribution in [2.24, 2.45) is 0 Å². The number of ether oxygens (including phenoxy) is 1. The molecule has 4 heteroatoms. The van der Waals surface area contributed by atoms with Crippen LogP contribution in [0.4, 0.5) is 0 Å². The van der Waals surface area contributed by atoms with E-state index in [-0.39, 0.29) is 6.10 Å². The van der Waals surface area contributed by atoms with E-state index in [1.807, 2.05) is 6.07 Å². The zero-order valence-electron chi connectivity index (χ0n) is 11.2. The Hall–Kier alpha value is -0.840. The number of hydrogen-bond donors (Lipinski definition) is 1. The molecule has 102 valence electrons. The van der Waals surface area contributed by atoms with Crippen molar-refractivity contribution in [3.8, 4) is 0 Å². The van der Waals surface area contributed by atoms with Crippen molar-refractivity contribution in [3.63, 3.8) is 0 Å². The van der Waals surface area contributed by atoms with Gasteiger partial charge in [0, 0.05) is 38.6 Å². The highest BCUT2D eigenvalue weighted by molar-refractivity contribution is 5.13. The van der Waals surface area contributed by atoms with Crippen molar-refractivity contribution in [1.29, 1.82) is 0 Å². The van der Waals surface area contributed by atoms with Gasteiger partial charge in [0.15, 0.2) is 0 Å². The van der Waals surface area contributed by atoms with Gasteiger partial charge >= 0.3 is 0 Å². The van der Waals surface area contributed by atoms with Crippen LogP contribution in [0.3, 0.4) is 0 Å². The van der Waals surface area contributed by atoms with Crippen LogP contribution in [0.25, 0.3) is 0 Å². The van der Waals surface area contributed by atoms with E-state index >= 15 is 0 Å². The van der Waals surface area contributed by atoms with Gasteiger partial charge in [-0.2, -0.15) is 0 Å². The van der Waals surface area contributed by atoms with Gasteiger partial charge in [-0.05, 0) is 18.1 Å². The molecule has 1 atom stereocenters. The summed E-state index contributed by atoms with van der Waals surface area (Å²) in [7, 11) is 0. The van der Waals surface area contributed by atoms with Crippen LogP contribution < -0.4 is 0 Å². The molecule has 1 aliphatic rings. The predicted molar refractivity (Wildman–Crippen MR) is 71.6 cm³/mol. The maximum absolute atomic E-state index is 9.91. The van der Waals surface area contributed by atoms with E-state index in [1.165, 1.54) is 0 Å². The normalized spacial score (nSPS) is 19.0. The molecule has 0 bridgehead atoms. The second-order valence-corrected chi connectivity index (χ2v) is 4.94. The molecule has 0 spiro atoms. The molecule has 1 aliphatic heterocycles. The maximum Gasteiger partial charge on any atom is 0.0804 e.